The van der Waals surface area contributed by atoms with Gasteiger partial charge in [0.2, 0.25) is 4.77 Å². The molecule has 1 fully saturated rings. The lowest BCUT2D eigenvalue weighted by Gasteiger charge is -2.23. The maximum atomic E-state index is 11.9. The number of quaternary nitrogens is 1. The highest BCUT2D eigenvalue weighted by Gasteiger charge is 2.35. The molecule has 3 rings (SSSR count). The van der Waals surface area contributed by atoms with Crippen LogP contribution < -0.4 is 4.90 Å². The molecule has 1 aliphatic heterocycles. The zero-order valence-electron chi connectivity index (χ0n) is 16.3. The highest BCUT2D eigenvalue weighted by Crippen LogP contribution is 2.20. The Morgan fingerprint density at radius 2 is 2.11 bits per heavy atom. The van der Waals surface area contributed by atoms with Crippen LogP contribution in [0, 0.1) is 11.7 Å². The van der Waals surface area contributed by atoms with Gasteiger partial charge < -0.3 is 4.90 Å². The van der Waals surface area contributed by atoms with E-state index in [1.165, 1.54) is 10.5 Å². The predicted molar refractivity (Wildman–Crippen MR) is 110 cm³/mol. The van der Waals surface area contributed by atoms with Crippen LogP contribution in [0.2, 0.25) is 0 Å². The van der Waals surface area contributed by atoms with E-state index < -0.39 is 9.84 Å². The summed E-state index contributed by atoms with van der Waals surface area (Å²) in [5.41, 5.74) is 2.25. The molecule has 0 amide bonds. The highest BCUT2D eigenvalue weighted by molar-refractivity contribution is 7.91. The minimum Gasteiger partial charge on any atom is -0.313 e. The molecular formula is C19H29N4O2S2+. The minimum absolute atomic E-state index is 0.126. The third-order valence-corrected chi connectivity index (χ3v) is 7.46. The Balaban J connectivity index is 1.94. The summed E-state index contributed by atoms with van der Waals surface area (Å²) in [7, 11) is -2.89. The lowest BCUT2D eigenvalue weighted by molar-refractivity contribution is -0.943. The van der Waals surface area contributed by atoms with E-state index in [1.54, 1.807) is 0 Å². The summed E-state index contributed by atoms with van der Waals surface area (Å²) in [6.45, 7) is 8.57. The number of aryl methyl sites for hydroxylation is 1. The smallest absolute Gasteiger partial charge is 0.203 e. The van der Waals surface area contributed by atoms with Gasteiger partial charge >= 0.3 is 0 Å². The minimum atomic E-state index is -2.89. The molecule has 8 heteroatoms. The Labute approximate surface area is 166 Å². The first-order valence-electron chi connectivity index (χ1n) is 9.64. The van der Waals surface area contributed by atoms with Crippen molar-refractivity contribution >= 4 is 22.1 Å². The summed E-state index contributed by atoms with van der Waals surface area (Å²) in [6.07, 6.45) is 1.70. The van der Waals surface area contributed by atoms with Gasteiger partial charge in [-0.25, -0.2) is 8.42 Å². The van der Waals surface area contributed by atoms with Gasteiger partial charge in [-0.2, -0.15) is 4.68 Å². The van der Waals surface area contributed by atoms with E-state index in [1.807, 2.05) is 10.7 Å². The number of nitrogens with zero attached hydrogens (tertiary/aromatic N) is 3. The molecular weight excluding hydrogens is 380 g/mol. The number of rotatable bonds is 7. The monoisotopic (exact) mass is 409 g/mol. The number of hydrogen-bond acceptors (Lipinski definition) is 4. The molecule has 0 saturated carbocycles. The van der Waals surface area contributed by atoms with Crippen LogP contribution in [0.25, 0.3) is 11.4 Å². The normalized spacial score (nSPS) is 20.0. The molecule has 1 unspecified atom stereocenters. The Kier molecular flexibility index (Phi) is 6.18. The molecule has 1 N–H and O–H groups in total. The summed E-state index contributed by atoms with van der Waals surface area (Å²) in [5.74, 6) is 1.45. The number of nitrogens with one attached hydrogen (secondary N) is 1. The van der Waals surface area contributed by atoms with Crippen molar-refractivity contribution in [3.8, 4) is 11.4 Å². The van der Waals surface area contributed by atoms with Crippen molar-refractivity contribution < 1.29 is 13.3 Å². The lowest BCUT2D eigenvalue weighted by atomic mass is 10.1. The van der Waals surface area contributed by atoms with Crippen molar-refractivity contribution in [3.63, 3.8) is 0 Å². The largest absolute Gasteiger partial charge is 0.313 e. The SMILES string of the molecule is CCCn1c(-c2cccc(C)c2)nn(C[NH+](CC)[C@H]2CCS(=O)(=O)C2)c1=S. The van der Waals surface area contributed by atoms with Gasteiger partial charge in [-0.15, -0.1) is 5.10 Å². The van der Waals surface area contributed by atoms with Gasteiger partial charge in [0.25, 0.3) is 0 Å². The molecule has 2 heterocycles. The third-order valence-electron chi connectivity index (χ3n) is 5.26. The quantitative estimate of drug-likeness (QED) is 0.709. The number of hydrogen-bond donors (Lipinski definition) is 1. The van der Waals surface area contributed by atoms with Crippen LogP contribution in [0.4, 0.5) is 0 Å². The molecule has 1 aromatic heterocycles. The van der Waals surface area contributed by atoms with Gasteiger partial charge in [0.15, 0.2) is 22.3 Å². The van der Waals surface area contributed by atoms with Gasteiger partial charge in [-0.1, -0.05) is 30.7 Å². The van der Waals surface area contributed by atoms with E-state index in [-0.39, 0.29) is 11.8 Å². The first-order valence-corrected chi connectivity index (χ1v) is 11.9. The van der Waals surface area contributed by atoms with Gasteiger partial charge in [0, 0.05) is 18.5 Å². The average molecular weight is 410 g/mol. The molecule has 0 radical (unpaired) electrons. The van der Waals surface area contributed by atoms with E-state index in [0.717, 1.165) is 37.3 Å². The summed E-state index contributed by atoms with van der Waals surface area (Å²) in [6, 6.07) is 8.43. The topological polar surface area (TPSA) is 61.3 Å². The van der Waals surface area contributed by atoms with Crippen molar-refractivity contribution in [2.24, 2.45) is 0 Å². The zero-order valence-corrected chi connectivity index (χ0v) is 17.9. The van der Waals surface area contributed by atoms with Crippen LogP contribution in [0.3, 0.4) is 0 Å². The van der Waals surface area contributed by atoms with E-state index in [4.69, 9.17) is 17.3 Å². The number of benzene rings is 1. The van der Waals surface area contributed by atoms with Crippen molar-refractivity contribution in [1.82, 2.24) is 14.3 Å². The van der Waals surface area contributed by atoms with Gasteiger partial charge in [0.05, 0.1) is 12.3 Å². The molecule has 148 valence electrons. The van der Waals surface area contributed by atoms with Crippen molar-refractivity contribution in [3.05, 3.63) is 34.6 Å². The highest BCUT2D eigenvalue weighted by atomic mass is 32.2. The Morgan fingerprint density at radius 3 is 2.70 bits per heavy atom. The van der Waals surface area contributed by atoms with Crippen molar-refractivity contribution in [2.45, 2.75) is 52.9 Å². The van der Waals surface area contributed by atoms with Crippen LogP contribution in [0.5, 0.6) is 0 Å². The first-order chi connectivity index (χ1) is 12.8. The van der Waals surface area contributed by atoms with Crippen molar-refractivity contribution in [2.75, 3.05) is 18.1 Å². The maximum Gasteiger partial charge on any atom is 0.203 e. The second-order valence-corrected chi connectivity index (χ2v) is 9.99. The Hall–Kier alpha value is -1.51. The van der Waals surface area contributed by atoms with Crippen LogP contribution in [-0.2, 0) is 23.1 Å². The molecule has 6 nitrogen and oxygen atoms in total. The number of sulfone groups is 1. The summed E-state index contributed by atoms with van der Waals surface area (Å²) < 4.78 is 28.5. The van der Waals surface area contributed by atoms with Crippen LogP contribution in [0.1, 0.15) is 32.3 Å². The van der Waals surface area contributed by atoms with Gasteiger partial charge in [-0.3, -0.25) is 4.57 Å². The molecule has 0 bridgehead atoms. The maximum absolute atomic E-state index is 11.9. The molecule has 27 heavy (non-hydrogen) atoms. The molecule has 2 aromatic rings. The molecule has 1 aliphatic rings. The van der Waals surface area contributed by atoms with Crippen LogP contribution in [-0.4, -0.2) is 46.9 Å². The zero-order chi connectivity index (χ0) is 19.6. The molecule has 1 saturated heterocycles. The average Bonchev–Trinajstić information content (AvgIpc) is 3.13. The lowest BCUT2D eigenvalue weighted by Crippen LogP contribution is -3.15. The third kappa shape index (κ3) is 4.50. The number of aromatic nitrogens is 3. The second-order valence-electron chi connectivity index (χ2n) is 7.40. The molecule has 0 aliphatic carbocycles. The predicted octanol–water partition coefficient (Wildman–Crippen LogP) is 1.85. The summed E-state index contributed by atoms with van der Waals surface area (Å²) in [4.78, 5) is 1.23. The van der Waals surface area contributed by atoms with Crippen LogP contribution >= 0.6 is 12.2 Å². The fraction of sp³-hybridized carbons (Fsp3) is 0.579. The Bertz CT molecular complexity index is 962. The molecule has 0 spiro atoms. The molecule has 2 atom stereocenters. The molecule has 1 aromatic carbocycles. The van der Waals surface area contributed by atoms with Crippen molar-refractivity contribution in [1.29, 1.82) is 0 Å². The summed E-state index contributed by atoms with van der Waals surface area (Å²) >= 11 is 5.73. The van der Waals surface area contributed by atoms with E-state index in [0.29, 0.717) is 17.2 Å². The fourth-order valence-electron chi connectivity index (χ4n) is 3.81. The van der Waals surface area contributed by atoms with E-state index in [2.05, 4.69) is 43.5 Å². The summed E-state index contributed by atoms with van der Waals surface area (Å²) in [5, 5.41) is 4.84. The van der Waals surface area contributed by atoms with Gasteiger partial charge in [0.1, 0.15) is 11.8 Å². The van der Waals surface area contributed by atoms with E-state index >= 15 is 0 Å². The Morgan fingerprint density at radius 1 is 1.33 bits per heavy atom. The van der Waals surface area contributed by atoms with Crippen LogP contribution in [0.15, 0.2) is 24.3 Å². The second kappa shape index (κ2) is 8.24. The van der Waals surface area contributed by atoms with E-state index in [9.17, 15) is 8.42 Å². The van der Waals surface area contributed by atoms with Gasteiger partial charge in [-0.05, 0) is 38.6 Å². The fourth-order valence-corrected chi connectivity index (χ4v) is 5.91. The first kappa shape index (κ1) is 20.2. The standard InChI is InChI=1S/C19H28N4O2S2/c1-4-10-22-18(16-8-6-7-15(3)12-16)20-23(19(22)26)14-21(5-2)17-9-11-27(24,25)13-17/h6-8,12,17H,4-5,9-11,13-14H2,1-3H3/p+1/t17-/m0/s1.